The van der Waals surface area contributed by atoms with Crippen LogP contribution in [0.5, 0.6) is 0 Å². The van der Waals surface area contributed by atoms with Gasteiger partial charge in [-0.25, -0.2) is 4.68 Å². The zero-order valence-electron chi connectivity index (χ0n) is 16.1. The van der Waals surface area contributed by atoms with Crippen LogP contribution in [0.25, 0.3) is 5.69 Å². The molecule has 1 aliphatic heterocycles. The van der Waals surface area contributed by atoms with E-state index in [-0.39, 0.29) is 11.5 Å². The molecule has 0 radical (unpaired) electrons. The van der Waals surface area contributed by atoms with Gasteiger partial charge < -0.3 is 5.11 Å². The molecule has 1 unspecified atom stereocenters. The number of rotatable bonds is 5. The monoisotopic (exact) mass is 353 g/mol. The third kappa shape index (κ3) is 3.45. The van der Waals surface area contributed by atoms with Crippen molar-refractivity contribution < 1.29 is 5.11 Å². The summed E-state index contributed by atoms with van der Waals surface area (Å²) >= 11 is 0. The first-order valence-corrected chi connectivity index (χ1v) is 10.1. The van der Waals surface area contributed by atoms with Gasteiger partial charge in [-0.2, -0.15) is 5.10 Å². The van der Waals surface area contributed by atoms with Crippen molar-refractivity contribution in [3.05, 3.63) is 47.8 Å². The molecule has 2 fully saturated rings. The van der Waals surface area contributed by atoms with Crippen molar-refractivity contribution in [3.8, 4) is 5.69 Å². The van der Waals surface area contributed by atoms with Gasteiger partial charge in [-0.15, -0.1) is 0 Å². The Morgan fingerprint density at radius 1 is 1.15 bits per heavy atom. The summed E-state index contributed by atoms with van der Waals surface area (Å²) in [5, 5.41) is 15.0. The summed E-state index contributed by atoms with van der Waals surface area (Å²) in [5.41, 5.74) is 3.95. The second kappa shape index (κ2) is 7.16. The van der Waals surface area contributed by atoms with Crippen molar-refractivity contribution in [2.24, 2.45) is 11.3 Å². The first-order valence-electron chi connectivity index (χ1n) is 10.1. The Morgan fingerprint density at radius 2 is 1.88 bits per heavy atom. The van der Waals surface area contributed by atoms with E-state index in [1.165, 1.54) is 17.7 Å². The van der Waals surface area contributed by atoms with Crippen LogP contribution in [0.4, 0.5) is 0 Å². The highest BCUT2D eigenvalue weighted by molar-refractivity contribution is 5.33. The second-order valence-corrected chi connectivity index (χ2v) is 8.67. The van der Waals surface area contributed by atoms with E-state index in [0.717, 1.165) is 51.0 Å². The number of likely N-dealkylation sites (tertiary alicyclic amines) is 1. The van der Waals surface area contributed by atoms with Crippen LogP contribution in [-0.2, 0) is 13.0 Å². The summed E-state index contributed by atoms with van der Waals surface area (Å²) in [7, 11) is 0. The van der Waals surface area contributed by atoms with Gasteiger partial charge in [0.2, 0.25) is 0 Å². The molecule has 2 aliphatic rings. The van der Waals surface area contributed by atoms with Crippen LogP contribution in [0.3, 0.4) is 0 Å². The van der Waals surface area contributed by atoms with Gasteiger partial charge in [0.25, 0.3) is 0 Å². The topological polar surface area (TPSA) is 41.3 Å². The fourth-order valence-corrected chi connectivity index (χ4v) is 4.51. The largest absolute Gasteiger partial charge is 0.393 e. The first kappa shape index (κ1) is 17.7. The number of benzene rings is 1. The standard InChI is InChI=1S/C22H31N3O/c1-17(2)14-20-18(16-25(23-20)19-6-4-3-5-7-19)15-24-12-10-22(11-13-24)9-8-21(22)26/h3-7,16-17,21,26H,8-15H2,1-2H3. The maximum atomic E-state index is 10.1. The molecule has 2 aromatic rings. The van der Waals surface area contributed by atoms with Crippen molar-refractivity contribution in [2.75, 3.05) is 13.1 Å². The lowest BCUT2D eigenvalue weighted by molar-refractivity contribution is -0.100. The second-order valence-electron chi connectivity index (χ2n) is 8.67. The first-order chi connectivity index (χ1) is 12.6. The highest BCUT2D eigenvalue weighted by atomic mass is 16.3. The molecular formula is C22H31N3O. The van der Waals surface area contributed by atoms with E-state index in [2.05, 4.69) is 49.2 Å². The highest BCUT2D eigenvalue weighted by Crippen LogP contribution is 2.49. The Bertz CT molecular complexity index is 729. The molecule has 1 aromatic carbocycles. The van der Waals surface area contributed by atoms with Crippen LogP contribution in [0, 0.1) is 11.3 Å². The van der Waals surface area contributed by atoms with Crippen LogP contribution in [0.2, 0.25) is 0 Å². The molecule has 1 saturated heterocycles. The Morgan fingerprint density at radius 3 is 2.46 bits per heavy atom. The lowest BCUT2D eigenvalue weighted by Gasteiger charge is -2.51. The molecule has 2 heterocycles. The van der Waals surface area contributed by atoms with Gasteiger partial charge in [0.1, 0.15) is 0 Å². The molecule has 1 aliphatic carbocycles. The fraction of sp³-hybridized carbons (Fsp3) is 0.591. The maximum absolute atomic E-state index is 10.1. The molecule has 0 bridgehead atoms. The Labute approximate surface area is 156 Å². The van der Waals surface area contributed by atoms with Gasteiger partial charge in [-0.3, -0.25) is 4.90 Å². The van der Waals surface area contributed by atoms with Crippen LogP contribution in [-0.4, -0.2) is 39.0 Å². The smallest absolute Gasteiger partial charge is 0.0676 e. The molecule has 140 valence electrons. The van der Waals surface area contributed by atoms with Crippen LogP contribution >= 0.6 is 0 Å². The van der Waals surface area contributed by atoms with Gasteiger partial charge in [0.05, 0.1) is 17.5 Å². The van der Waals surface area contributed by atoms with E-state index in [1.807, 2.05) is 10.7 Å². The molecule has 1 saturated carbocycles. The number of hydrogen-bond donors (Lipinski definition) is 1. The number of aliphatic hydroxyl groups is 1. The van der Waals surface area contributed by atoms with E-state index >= 15 is 0 Å². The molecule has 26 heavy (non-hydrogen) atoms. The summed E-state index contributed by atoms with van der Waals surface area (Å²) in [6.45, 7) is 7.67. The van der Waals surface area contributed by atoms with E-state index < -0.39 is 0 Å². The summed E-state index contributed by atoms with van der Waals surface area (Å²) in [5.74, 6) is 0.600. The third-order valence-corrected chi connectivity index (χ3v) is 6.37. The van der Waals surface area contributed by atoms with Crippen LogP contribution in [0.15, 0.2) is 36.5 Å². The summed E-state index contributed by atoms with van der Waals surface area (Å²) < 4.78 is 2.04. The normalized spacial score (nSPS) is 22.7. The van der Waals surface area contributed by atoms with E-state index in [0.29, 0.717) is 5.92 Å². The van der Waals surface area contributed by atoms with Crippen molar-refractivity contribution in [1.82, 2.24) is 14.7 Å². The maximum Gasteiger partial charge on any atom is 0.0676 e. The zero-order valence-corrected chi connectivity index (χ0v) is 16.1. The van der Waals surface area contributed by atoms with Gasteiger partial charge in [0.15, 0.2) is 0 Å². The zero-order chi connectivity index (χ0) is 18.1. The average Bonchev–Trinajstić information content (AvgIpc) is 3.03. The number of hydrogen-bond acceptors (Lipinski definition) is 3. The number of aliphatic hydroxyl groups excluding tert-OH is 1. The van der Waals surface area contributed by atoms with Crippen LogP contribution < -0.4 is 0 Å². The van der Waals surface area contributed by atoms with E-state index in [1.54, 1.807) is 0 Å². The third-order valence-electron chi connectivity index (χ3n) is 6.37. The summed E-state index contributed by atoms with van der Waals surface area (Å²) in [4.78, 5) is 2.55. The minimum atomic E-state index is -0.0537. The predicted molar refractivity (Wildman–Crippen MR) is 104 cm³/mol. The molecule has 4 heteroatoms. The molecule has 1 aromatic heterocycles. The van der Waals surface area contributed by atoms with E-state index in [4.69, 9.17) is 5.10 Å². The predicted octanol–water partition coefficient (Wildman–Crippen LogP) is 3.81. The van der Waals surface area contributed by atoms with Gasteiger partial charge in [-0.1, -0.05) is 32.0 Å². The van der Waals surface area contributed by atoms with Gasteiger partial charge in [-0.05, 0) is 68.7 Å². The van der Waals surface area contributed by atoms with Crippen molar-refractivity contribution in [1.29, 1.82) is 0 Å². The number of aromatic nitrogens is 2. The average molecular weight is 354 g/mol. The minimum absolute atomic E-state index is 0.0537. The summed E-state index contributed by atoms with van der Waals surface area (Å²) in [6.07, 6.45) is 7.68. The lowest BCUT2D eigenvalue weighted by atomic mass is 9.61. The lowest BCUT2D eigenvalue weighted by Crippen LogP contribution is -2.51. The summed E-state index contributed by atoms with van der Waals surface area (Å²) in [6, 6.07) is 10.4. The Hall–Kier alpha value is -1.65. The fourth-order valence-electron chi connectivity index (χ4n) is 4.51. The van der Waals surface area contributed by atoms with Crippen molar-refractivity contribution in [3.63, 3.8) is 0 Å². The van der Waals surface area contributed by atoms with Crippen molar-refractivity contribution in [2.45, 2.75) is 58.6 Å². The molecule has 0 amide bonds. The Kier molecular flexibility index (Phi) is 4.89. The molecule has 4 rings (SSSR count). The molecule has 4 nitrogen and oxygen atoms in total. The van der Waals surface area contributed by atoms with Gasteiger partial charge >= 0.3 is 0 Å². The number of piperidine rings is 1. The SMILES string of the molecule is CC(C)Cc1nn(-c2ccccc2)cc1CN1CCC2(CCC2O)CC1. The molecule has 1 atom stereocenters. The minimum Gasteiger partial charge on any atom is -0.393 e. The Balaban J connectivity index is 1.49. The van der Waals surface area contributed by atoms with Crippen molar-refractivity contribution >= 4 is 0 Å². The van der Waals surface area contributed by atoms with Gasteiger partial charge in [0, 0.05) is 18.3 Å². The molecule has 1 spiro atoms. The quantitative estimate of drug-likeness (QED) is 0.889. The van der Waals surface area contributed by atoms with Crippen LogP contribution in [0.1, 0.15) is 50.8 Å². The van der Waals surface area contributed by atoms with E-state index in [9.17, 15) is 5.11 Å². The number of para-hydroxylation sites is 1. The molecule has 1 N–H and O–H groups in total. The molecular weight excluding hydrogens is 322 g/mol. The number of nitrogens with zero attached hydrogens (tertiary/aromatic N) is 3. The highest BCUT2D eigenvalue weighted by Gasteiger charge is 2.47.